The molecule has 1 amide bonds. The highest BCUT2D eigenvalue weighted by Gasteiger charge is 2.44. The average Bonchev–Trinajstić information content (AvgIpc) is 3.15. The van der Waals surface area contributed by atoms with Gasteiger partial charge < -0.3 is 18.9 Å². The smallest absolute Gasteiger partial charge is 0.336 e. The lowest BCUT2D eigenvalue weighted by molar-refractivity contribution is -0.136. The van der Waals surface area contributed by atoms with E-state index in [4.69, 9.17) is 30.5 Å². The van der Waals surface area contributed by atoms with Gasteiger partial charge in [0.15, 0.2) is 11.5 Å². The van der Waals surface area contributed by atoms with Gasteiger partial charge in [-0.05, 0) is 24.3 Å². The van der Waals surface area contributed by atoms with Crippen LogP contribution in [-0.2, 0) is 14.3 Å². The van der Waals surface area contributed by atoms with E-state index in [1.807, 2.05) is 0 Å². The maximum Gasteiger partial charge on any atom is 0.336 e. The first kappa shape index (κ1) is 21.0. The van der Waals surface area contributed by atoms with Gasteiger partial charge in [-0.3, -0.25) is 9.69 Å². The highest BCUT2D eigenvalue weighted by atomic mass is 35.5. The van der Waals surface area contributed by atoms with Gasteiger partial charge in [0.25, 0.3) is 0 Å². The van der Waals surface area contributed by atoms with Gasteiger partial charge in [-0.25, -0.2) is 9.18 Å². The number of amides is 1. The summed E-state index contributed by atoms with van der Waals surface area (Å²) in [5.41, 5.74) is 1.69. The molecule has 0 radical (unpaired) electrons. The number of methoxy groups -OCH3 is 3. The molecule has 0 spiro atoms. The van der Waals surface area contributed by atoms with Crippen LogP contribution in [0.25, 0.3) is 0 Å². The van der Waals surface area contributed by atoms with Gasteiger partial charge in [0.05, 0.1) is 43.3 Å². The fourth-order valence-electron chi connectivity index (χ4n) is 3.97. The maximum atomic E-state index is 13.6. The average molecular weight is 448 g/mol. The van der Waals surface area contributed by atoms with Crippen LogP contribution in [0.4, 0.5) is 10.1 Å². The molecule has 162 valence electrons. The van der Waals surface area contributed by atoms with Crippen LogP contribution < -0.4 is 19.1 Å². The molecule has 0 aliphatic carbocycles. The van der Waals surface area contributed by atoms with Crippen molar-refractivity contribution in [2.24, 2.45) is 0 Å². The third-order valence-corrected chi connectivity index (χ3v) is 5.68. The molecule has 0 fully saturated rings. The Morgan fingerprint density at radius 2 is 1.71 bits per heavy atom. The number of hydrogen-bond acceptors (Lipinski definition) is 6. The Labute approximate surface area is 182 Å². The number of esters is 1. The van der Waals surface area contributed by atoms with Crippen molar-refractivity contribution in [3.05, 3.63) is 58.0 Å². The van der Waals surface area contributed by atoms with Crippen LogP contribution in [0.15, 0.2) is 41.6 Å². The SMILES string of the molecule is COc1cc(OC)c([C@H]2CC(=O)N(c3ccc(F)c(Cl)c3)C3=C2C(=O)OC3)cc1OC. The van der Waals surface area contributed by atoms with Crippen LogP contribution in [0.2, 0.25) is 5.02 Å². The number of ether oxygens (including phenoxy) is 4. The number of nitrogens with zero attached hydrogens (tertiary/aromatic N) is 1. The van der Waals surface area contributed by atoms with Crippen molar-refractivity contribution in [2.75, 3.05) is 32.8 Å². The monoisotopic (exact) mass is 447 g/mol. The molecular formula is C22H19ClFNO6. The number of carbonyl (C=O) groups excluding carboxylic acids is 2. The number of hydrogen-bond donors (Lipinski definition) is 0. The molecular weight excluding hydrogens is 429 g/mol. The van der Waals surface area contributed by atoms with E-state index in [9.17, 15) is 14.0 Å². The Bertz CT molecular complexity index is 1120. The Hall–Kier alpha value is -3.26. The minimum atomic E-state index is -0.612. The number of carbonyl (C=O) groups is 2. The summed E-state index contributed by atoms with van der Waals surface area (Å²) in [4.78, 5) is 27.2. The van der Waals surface area contributed by atoms with Crippen molar-refractivity contribution in [3.63, 3.8) is 0 Å². The summed E-state index contributed by atoms with van der Waals surface area (Å²) in [6.45, 7) is -0.0823. The van der Waals surface area contributed by atoms with E-state index in [1.165, 1.54) is 44.4 Å². The summed E-state index contributed by atoms with van der Waals surface area (Å²) < 4.78 is 35.1. The van der Waals surface area contributed by atoms with Gasteiger partial charge in [-0.15, -0.1) is 0 Å². The first-order chi connectivity index (χ1) is 14.9. The standard InChI is InChI=1S/C22H19ClFNO6/c1-28-17-9-19(30-3)18(29-2)7-12(17)13-8-20(26)25(16-10-31-22(27)21(13)16)11-4-5-15(24)14(23)6-11/h4-7,9,13H,8,10H2,1-3H3/t13-/m1/s1. The molecule has 0 saturated heterocycles. The third-order valence-electron chi connectivity index (χ3n) is 5.39. The van der Waals surface area contributed by atoms with Crippen LogP contribution in [0.3, 0.4) is 0 Å². The van der Waals surface area contributed by atoms with Crippen LogP contribution in [0, 0.1) is 5.82 Å². The molecule has 2 aliphatic heterocycles. The summed E-state index contributed by atoms with van der Waals surface area (Å²) in [6.07, 6.45) is -0.0330. The van der Waals surface area contributed by atoms with Gasteiger partial charge in [-0.1, -0.05) is 11.6 Å². The minimum absolute atomic E-state index is 0.0330. The maximum absolute atomic E-state index is 13.6. The predicted molar refractivity (Wildman–Crippen MR) is 110 cm³/mol. The lowest BCUT2D eigenvalue weighted by Gasteiger charge is -2.32. The van der Waals surface area contributed by atoms with Gasteiger partial charge in [-0.2, -0.15) is 0 Å². The number of benzene rings is 2. The first-order valence-corrected chi connectivity index (χ1v) is 9.75. The fourth-order valence-corrected chi connectivity index (χ4v) is 4.14. The molecule has 0 aromatic heterocycles. The molecule has 7 nitrogen and oxygen atoms in total. The fraction of sp³-hybridized carbons (Fsp3) is 0.273. The molecule has 2 aliphatic rings. The Balaban J connectivity index is 1.87. The zero-order chi connectivity index (χ0) is 22.3. The molecule has 1 atom stereocenters. The summed E-state index contributed by atoms with van der Waals surface area (Å²) in [6, 6.07) is 7.29. The van der Waals surface area contributed by atoms with Gasteiger partial charge in [0, 0.05) is 24.0 Å². The van der Waals surface area contributed by atoms with E-state index >= 15 is 0 Å². The Morgan fingerprint density at radius 1 is 1.03 bits per heavy atom. The number of cyclic esters (lactones) is 1. The summed E-state index contributed by atoms with van der Waals surface area (Å²) in [5.74, 6) is -0.692. The quantitative estimate of drug-likeness (QED) is 0.648. The van der Waals surface area contributed by atoms with E-state index in [2.05, 4.69) is 0 Å². The third kappa shape index (κ3) is 3.46. The molecule has 0 bridgehead atoms. The van der Waals surface area contributed by atoms with Crippen molar-refractivity contribution in [3.8, 4) is 17.2 Å². The van der Waals surface area contributed by atoms with E-state index < -0.39 is 17.7 Å². The van der Waals surface area contributed by atoms with Crippen molar-refractivity contribution in [1.82, 2.24) is 0 Å². The normalized spacial score (nSPS) is 18.1. The highest BCUT2D eigenvalue weighted by Crippen LogP contribution is 2.47. The van der Waals surface area contributed by atoms with Gasteiger partial charge in [0.1, 0.15) is 18.2 Å². The van der Waals surface area contributed by atoms with E-state index in [0.29, 0.717) is 39.8 Å². The van der Waals surface area contributed by atoms with Crippen molar-refractivity contribution in [2.45, 2.75) is 12.3 Å². The lowest BCUT2D eigenvalue weighted by Crippen LogP contribution is -2.37. The summed E-state index contributed by atoms with van der Waals surface area (Å²) in [5, 5.41) is -0.124. The number of rotatable bonds is 5. The molecule has 0 unspecified atom stereocenters. The number of halogens is 2. The van der Waals surface area contributed by atoms with Crippen LogP contribution in [0.5, 0.6) is 17.2 Å². The van der Waals surface area contributed by atoms with Crippen molar-refractivity contribution in [1.29, 1.82) is 0 Å². The van der Waals surface area contributed by atoms with E-state index in [-0.39, 0.29) is 24.0 Å². The molecule has 0 saturated carbocycles. The predicted octanol–water partition coefficient (Wildman–Crippen LogP) is 3.84. The summed E-state index contributed by atoms with van der Waals surface area (Å²) in [7, 11) is 4.49. The van der Waals surface area contributed by atoms with Crippen LogP contribution in [-0.4, -0.2) is 39.8 Å². The second kappa shape index (κ2) is 8.11. The topological polar surface area (TPSA) is 74.3 Å². The molecule has 2 aromatic rings. The minimum Gasteiger partial charge on any atom is -0.496 e. The molecule has 9 heteroatoms. The van der Waals surface area contributed by atoms with Gasteiger partial charge in [0.2, 0.25) is 5.91 Å². The molecule has 4 rings (SSSR count). The molecule has 31 heavy (non-hydrogen) atoms. The first-order valence-electron chi connectivity index (χ1n) is 9.37. The highest BCUT2D eigenvalue weighted by molar-refractivity contribution is 6.31. The molecule has 2 heterocycles. The second-order valence-electron chi connectivity index (χ2n) is 6.97. The van der Waals surface area contributed by atoms with Gasteiger partial charge >= 0.3 is 5.97 Å². The van der Waals surface area contributed by atoms with Crippen LogP contribution in [0.1, 0.15) is 17.9 Å². The molecule has 2 aromatic carbocycles. The zero-order valence-corrected chi connectivity index (χ0v) is 17.8. The van der Waals surface area contributed by atoms with Crippen molar-refractivity contribution >= 4 is 29.2 Å². The van der Waals surface area contributed by atoms with E-state index in [1.54, 1.807) is 12.1 Å². The summed E-state index contributed by atoms with van der Waals surface area (Å²) >= 11 is 5.91. The van der Waals surface area contributed by atoms with Crippen LogP contribution >= 0.6 is 11.6 Å². The zero-order valence-electron chi connectivity index (χ0n) is 17.0. The number of anilines is 1. The molecule has 0 N–H and O–H groups in total. The largest absolute Gasteiger partial charge is 0.496 e. The Kier molecular flexibility index (Phi) is 5.49. The lowest BCUT2D eigenvalue weighted by atomic mass is 9.83. The second-order valence-corrected chi connectivity index (χ2v) is 7.38. The van der Waals surface area contributed by atoms with E-state index in [0.717, 1.165) is 0 Å². The van der Waals surface area contributed by atoms with Crippen molar-refractivity contribution < 1.29 is 32.9 Å². The Morgan fingerprint density at radius 3 is 2.35 bits per heavy atom.